The zero-order chi connectivity index (χ0) is 22.5. The fourth-order valence-electron chi connectivity index (χ4n) is 3.30. The third-order valence-electron chi connectivity index (χ3n) is 5.18. The lowest BCUT2D eigenvalue weighted by atomic mass is 10.1. The number of nitrogens with zero attached hydrogens (tertiary/aromatic N) is 5. The first-order valence-electron chi connectivity index (χ1n) is 10.9. The van der Waals surface area contributed by atoms with Gasteiger partial charge in [0.05, 0.1) is 0 Å². The molecule has 1 aromatic carbocycles. The van der Waals surface area contributed by atoms with Gasteiger partial charge in [-0.1, -0.05) is 26.3 Å². The van der Waals surface area contributed by atoms with Crippen molar-refractivity contribution in [1.82, 2.24) is 29.9 Å². The molecule has 0 fully saturated rings. The van der Waals surface area contributed by atoms with Gasteiger partial charge >= 0.3 is 0 Å². The van der Waals surface area contributed by atoms with Crippen LogP contribution in [-0.4, -0.2) is 36.5 Å². The molecule has 2 N–H and O–H groups in total. The smallest absolute Gasteiger partial charge is 0.254 e. The van der Waals surface area contributed by atoms with Gasteiger partial charge < -0.3 is 10.6 Å². The van der Waals surface area contributed by atoms with Crippen molar-refractivity contribution in [3.05, 3.63) is 66.1 Å². The van der Waals surface area contributed by atoms with Crippen LogP contribution in [0, 0.1) is 0 Å². The summed E-state index contributed by atoms with van der Waals surface area (Å²) in [5, 5.41) is 11.1. The van der Waals surface area contributed by atoms with E-state index in [-0.39, 0.29) is 11.9 Å². The van der Waals surface area contributed by atoms with Gasteiger partial charge in [-0.25, -0.2) is 4.98 Å². The van der Waals surface area contributed by atoms with E-state index in [0.717, 1.165) is 42.0 Å². The molecule has 0 spiro atoms. The Morgan fingerprint density at radius 1 is 1.12 bits per heavy atom. The van der Waals surface area contributed by atoms with Crippen molar-refractivity contribution >= 4 is 23.2 Å². The topological polar surface area (TPSA) is 97.1 Å². The molecule has 32 heavy (non-hydrogen) atoms. The maximum Gasteiger partial charge on any atom is 0.254 e. The van der Waals surface area contributed by atoms with Gasteiger partial charge in [0.2, 0.25) is 0 Å². The van der Waals surface area contributed by atoms with E-state index in [4.69, 9.17) is 0 Å². The van der Waals surface area contributed by atoms with E-state index in [9.17, 15) is 4.79 Å². The number of anilines is 2. The molecule has 3 aromatic heterocycles. The minimum absolute atomic E-state index is 0.0887. The molecule has 0 saturated heterocycles. The molecule has 4 rings (SSSR count). The van der Waals surface area contributed by atoms with Gasteiger partial charge in [-0.05, 0) is 50.1 Å². The Hall–Kier alpha value is -3.81. The lowest BCUT2D eigenvalue weighted by Crippen LogP contribution is -2.31. The van der Waals surface area contributed by atoms with Gasteiger partial charge in [-0.3, -0.25) is 9.78 Å². The lowest BCUT2D eigenvalue weighted by molar-refractivity contribution is 0.0939. The molecule has 0 bridgehead atoms. The van der Waals surface area contributed by atoms with Crippen LogP contribution in [0.15, 0.2) is 54.9 Å². The number of hydrogen-bond acceptors (Lipinski definition) is 6. The summed E-state index contributed by atoms with van der Waals surface area (Å²) in [4.78, 5) is 26.0. The quantitative estimate of drug-likeness (QED) is 0.431. The number of aryl methyl sites for hydroxylation is 1. The summed E-state index contributed by atoms with van der Waals surface area (Å²) in [6.45, 7) is 6.15. The largest absolute Gasteiger partial charge is 0.350 e. The summed E-state index contributed by atoms with van der Waals surface area (Å²) < 4.78 is 1.69. The number of nitrogens with one attached hydrogen (secondary N) is 2. The van der Waals surface area contributed by atoms with Crippen LogP contribution in [0.2, 0.25) is 0 Å². The second-order valence-electron chi connectivity index (χ2n) is 7.76. The number of carbonyl (C=O) groups is 1. The minimum Gasteiger partial charge on any atom is -0.350 e. The normalized spacial score (nSPS) is 12.0. The summed E-state index contributed by atoms with van der Waals surface area (Å²) >= 11 is 0. The van der Waals surface area contributed by atoms with Crippen LogP contribution in [0.5, 0.6) is 0 Å². The van der Waals surface area contributed by atoms with Crippen molar-refractivity contribution in [2.24, 2.45) is 0 Å². The van der Waals surface area contributed by atoms with Crippen molar-refractivity contribution in [2.75, 3.05) is 5.32 Å². The second-order valence-corrected chi connectivity index (χ2v) is 7.76. The SMILES string of the molecule is CCCc1cc(Nc2cccc(C(=O)N[C@@H](C)CC)c2)n2nc(-c3cccnc3)nc2n1. The summed E-state index contributed by atoms with van der Waals surface area (Å²) in [6.07, 6.45) is 6.13. The summed E-state index contributed by atoms with van der Waals surface area (Å²) in [5.74, 6) is 1.72. The zero-order valence-electron chi connectivity index (χ0n) is 18.5. The van der Waals surface area contributed by atoms with Crippen molar-refractivity contribution in [2.45, 2.75) is 46.1 Å². The second kappa shape index (κ2) is 9.55. The van der Waals surface area contributed by atoms with Gasteiger partial charge in [-0.15, -0.1) is 5.10 Å². The fourth-order valence-corrected chi connectivity index (χ4v) is 3.30. The highest BCUT2D eigenvalue weighted by Crippen LogP contribution is 2.22. The van der Waals surface area contributed by atoms with Crippen molar-refractivity contribution in [3.63, 3.8) is 0 Å². The number of amides is 1. The van der Waals surface area contributed by atoms with Crippen LogP contribution in [0.4, 0.5) is 11.5 Å². The van der Waals surface area contributed by atoms with Gasteiger partial charge in [0.1, 0.15) is 5.82 Å². The maximum absolute atomic E-state index is 12.5. The molecule has 0 aliphatic carbocycles. The molecule has 0 aliphatic heterocycles. The van der Waals surface area contributed by atoms with Crippen molar-refractivity contribution in [1.29, 1.82) is 0 Å². The summed E-state index contributed by atoms with van der Waals surface area (Å²) in [7, 11) is 0. The molecule has 8 heteroatoms. The number of carbonyl (C=O) groups excluding carboxylic acids is 1. The van der Waals surface area contributed by atoms with Crippen LogP contribution in [-0.2, 0) is 6.42 Å². The number of rotatable bonds is 8. The maximum atomic E-state index is 12.5. The van der Waals surface area contributed by atoms with E-state index in [1.807, 2.05) is 56.3 Å². The number of pyridine rings is 1. The van der Waals surface area contributed by atoms with Gasteiger partial charge in [-0.2, -0.15) is 9.50 Å². The van der Waals surface area contributed by atoms with Crippen LogP contribution in [0.25, 0.3) is 17.2 Å². The van der Waals surface area contributed by atoms with Crippen LogP contribution < -0.4 is 10.6 Å². The van der Waals surface area contributed by atoms with Crippen LogP contribution >= 0.6 is 0 Å². The molecule has 4 aromatic rings. The standard InChI is InChI=1S/C24H27N7O/c1-4-8-19-14-21(27-20-11-6-9-17(13-20)23(32)26-16(3)5-2)31-24(28-19)29-22(30-31)18-10-7-12-25-15-18/h6-7,9-16,27H,4-5,8H2,1-3H3,(H,26,32)/t16-/m0/s1. The Balaban J connectivity index is 1.70. The molecule has 0 radical (unpaired) electrons. The fraction of sp³-hybridized carbons (Fsp3) is 0.292. The van der Waals surface area contributed by atoms with Gasteiger partial charge in [0.25, 0.3) is 11.7 Å². The molecule has 8 nitrogen and oxygen atoms in total. The van der Waals surface area contributed by atoms with E-state index < -0.39 is 0 Å². The van der Waals surface area contributed by atoms with Crippen molar-refractivity contribution in [3.8, 4) is 11.4 Å². The predicted octanol–water partition coefficient (Wildman–Crippen LogP) is 4.41. The van der Waals surface area contributed by atoms with E-state index >= 15 is 0 Å². The monoisotopic (exact) mass is 429 g/mol. The Morgan fingerprint density at radius 2 is 2.00 bits per heavy atom. The zero-order valence-corrected chi connectivity index (χ0v) is 18.5. The first-order valence-corrected chi connectivity index (χ1v) is 10.9. The molecule has 0 unspecified atom stereocenters. The highest BCUT2D eigenvalue weighted by atomic mass is 16.1. The Morgan fingerprint density at radius 3 is 2.75 bits per heavy atom. The molecule has 0 saturated carbocycles. The van der Waals surface area contributed by atoms with E-state index in [1.54, 1.807) is 16.9 Å². The molecular formula is C24H27N7O. The van der Waals surface area contributed by atoms with E-state index in [1.165, 1.54) is 0 Å². The summed E-state index contributed by atoms with van der Waals surface area (Å²) in [6, 6.07) is 13.3. The first kappa shape index (κ1) is 21.4. The predicted molar refractivity (Wildman–Crippen MR) is 125 cm³/mol. The highest BCUT2D eigenvalue weighted by Gasteiger charge is 2.14. The average Bonchev–Trinajstić information content (AvgIpc) is 3.24. The summed E-state index contributed by atoms with van der Waals surface area (Å²) in [5.41, 5.74) is 3.14. The number of hydrogen-bond donors (Lipinski definition) is 2. The van der Waals surface area contributed by atoms with Gasteiger partial charge in [0, 0.05) is 47.0 Å². The molecule has 3 heterocycles. The lowest BCUT2D eigenvalue weighted by Gasteiger charge is -2.13. The third kappa shape index (κ3) is 4.74. The van der Waals surface area contributed by atoms with Crippen molar-refractivity contribution < 1.29 is 4.79 Å². The average molecular weight is 430 g/mol. The van der Waals surface area contributed by atoms with E-state index in [2.05, 4.69) is 37.6 Å². The Kier molecular flexibility index (Phi) is 6.39. The first-order chi connectivity index (χ1) is 15.6. The molecule has 164 valence electrons. The molecule has 0 aliphatic rings. The van der Waals surface area contributed by atoms with Crippen LogP contribution in [0.1, 0.15) is 49.7 Å². The molecule has 1 atom stereocenters. The number of fused-ring (bicyclic) bond motifs is 1. The molecule has 1 amide bonds. The van der Waals surface area contributed by atoms with E-state index in [0.29, 0.717) is 17.2 Å². The third-order valence-corrected chi connectivity index (χ3v) is 5.18. The minimum atomic E-state index is -0.0887. The molecular weight excluding hydrogens is 402 g/mol. The number of aromatic nitrogens is 5. The Bertz CT molecular complexity index is 1220. The number of benzene rings is 1. The van der Waals surface area contributed by atoms with Crippen LogP contribution in [0.3, 0.4) is 0 Å². The highest BCUT2D eigenvalue weighted by molar-refractivity contribution is 5.95. The van der Waals surface area contributed by atoms with Gasteiger partial charge in [0.15, 0.2) is 5.82 Å². The Labute approximate surface area is 187 Å².